The van der Waals surface area contributed by atoms with E-state index in [1.54, 1.807) is 43.8 Å². The van der Waals surface area contributed by atoms with Crippen LogP contribution in [0.4, 0.5) is 0 Å². The van der Waals surface area contributed by atoms with Crippen molar-refractivity contribution in [1.82, 2.24) is 14.8 Å². The van der Waals surface area contributed by atoms with Gasteiger partial charge in [-0.15, -0.1) is 0 Å². The average molecular weight is 497 g/mol. The summed E-state index contributed by atoms with van der Waals surface area (Å²) in [4.78, 5) is 17.4. The molecular formula is C24H24N4O6S. The van der Waals surface area contributed by atoms with E-state index in [0.717, 1.165) is 5.56 Å². The Morgan fingerprint density at radius 3 is 2.71 bits per heavy atom. The normalized spacial score (nSPS) is 14.1. The van der Waals surface area contributed by atoms with Crippen LogP contribution < -0.4 is 20.0 Å². The fourth-order valence-corrected chi connectivity index (χ4v) is 4.93. The molecule has 0 spiro atoms. The number of primary sulfonamides is 1. The Balaban J connectivity index is 1.67. The van der Waals surface area contributed by atoms with Crippen molar-refractivity contribution in [1.29, 1.82) is 0 Å². The summed E-state index contributed by atoms with van der Waals surface area (Å²) in [5.41, 5.74) is 3.07. The van der Waals surface area contributed by atoms with E-state index >= 15 is 0 Å². The molecule has 35 heavy (non-hydrogen) atoms. The van der Waals surface area contributed by atoms with Crippen molar-refractivity contribution >= 4 is 21.0 Å². The summed E-state index contributed by atoms with van der Waals surface area (Å²) < 4.78 is 44.0. The maximum Gasteiger partial charge on any atom is 0.259 e. The number of hydrogen-bond acceptors (Lipinski definition) is 8. The first-order valence-electron chi connectivity index (χ1n) is 11.0. The van der Waals surface area contributed by atoms with Crippen LogP contribution in [0.25, 0.3) is 22.3 Å². The minimum Gasteiger partial charge on any atom is -0.483 e. The largest absolute Gasteiger partial charge is 0.483 e. The molecule has 5 rings (SSSR count). The molecular weight excluding hydrogens is 472 g/mol. The Morgan fingerprint density at radius 2 is 1.97 bits per heavy atom. The van der Waals surface area contributed by atoms with Gasteiger partial charge in [-0.05, 0) is 57.5 Å². The molecule has 0 unspecified atom stereocenters. The van der Waals surface area contributed by atoms with Crippen molar-refractivity contribution in [3.05, 3.63) is 63.1 Å². The Labute approximate surface area is 201 Å². The molecule has 0 aliphatic carbocycles. The number of sulfonamides is 1. The van der Waals surface area contributed by atoms with Gasteiger partial charge in [0.15, 0.2) is 11.2 Å². The third-order valence-corrected chi connectivity index (χ3v) is 6.78. The minimum atomic E-state index is -4.12. The molecule has 2 N–H and O–H groups in total. The van der Waals surface area contributed by atoms with E-state index in [4.69, 9.17) is 19.0 Å². The van der Waals surface area contributed by atoms with Crippen LogP contribution in [0.15, 0.2) is 44.7 Å². The number of fused-ring (bicyclic) bond motifs is 2. The van der Waals surface area contributed by atoms with Crippen LogP contribution in [-0.2, 0) is 16.6 Å². The van der Waals surface area contributed by atoms with E-state index in [-0.39, 0.29) is 16.2 Å². The second-order valence-electron chi connectivity index (χ2n) is 8.61. The molecule has 1 aromatic carbocycles. The van der Waals surface area contributed by atoms with E-state index in [0.29, 0.717) is 58.1 Å². The first-order valence-corrected chi connectivity index (χ1v) is 12.5. The molecule has 0 radical (unpaired) electrons. The quantitative estimate of drug-likeness (QED) is 0.444. The minimum absolute atomic E-state index is 0.0118. The fraction of sp³-hybridized carbons (Fsp3) is 0.292. The lowest BCUT2D eigenvalue weighted by Gasteiger charge is -2.19. The second-order valence-corrected chi connectivity index (χ2v) is 10.1. The summed E-state index contributed by atoms with van der Waals surface area (Å²) in [5.74, 6) is 0.931. The zero-order valence-corrected chi connectivity index (χ0v) is 20.5. The van der Waals surface area contributed by atoms with Gasteiger partial charge in [0.2, 0.25) is 10.9 Å². The number of nitrogens with zero attached hydrogens (tertiary/aromatic N) is 3. The number of nitrogens with two attached hydrogens (primary N) is 1. The number of aryl methyl sites for hydroxylation is 2. The third-order valence-electron chi connectivity index (χ3n) is 5.95. The van der Waals surface area contributed by atoms with Gasteiger partial charge >= 0.3 is 0 Å². The van der Waals surface area contributed by atoms with Crippen molar-refractivity contribution in [3.63, 3.8) is 0 Å². The summed E-state index contributed by atoms with van der Waals surface area (Å²) in [7, 11) is -4.12. The maximum absolute atomic E-state index is 13.4. The molecule has 0 saturated heterocycles. The van der Waals surface area contributed by atoms with Crippen molar-refractivity contribution in [2.24, 2.45) is 5.14 Å². The van der Waals surface area contributed by atoms with Gasteiger partial charge in [0, 0.05) is 16.8 Å². The van der Waals surface area contributed by atoms with Crippen molar-refractivity contribution in [3.8, 4) is 23.0 Å². The van der Waals surface area contributed by atoms with Gasteiger partial charge in [-0.3, -0.25) is 4.79 Å². The Morgan fingerprint density at radius 1 is 1.20 bits per heavy atom. The van der Waals surface area contributed by atoms with Crippen LogP contribution in [0.5, 0.6) is 11.6 Å². The molecule has 1 atom stereocenters. The first-order chi connectivity index (χ1) is 16.5. The van der Waals surface area contributed by atoms with Gasteiger partial charge in [-0.25, -0.2) is 23.2 Å². The predicted octanol–water partition coefficient (Wildman–Crippen LogP) is 3.16. The molecule has 0 fully saturated rings. The van der Waals surface area contributed by atoms with Crippen molar-refractivity contribution < 1.29 is 22.3 Å². The number of ether oxygens (including phenoxy) is 2. The third kappa shape index (κ3) is 3.96. The van der Waals surface area contributed by atoms with E-state index in [2.05, 4.69) is 10.1 Å². The highest BCUT2D eigenvalue weighted by atomic mass is 32.2. The lowest BCUT2D eigenvalue weighted by atomic mass is 10.0. The van der Waals surface area contributed by atoms with Gasteiger partial charge in [0.05, 0.1) is 23.7 Å². The van der Waals surface area contributed by atoms with Gasteiger partial charge in [0.1, 0.15) is 24.1 Å². The molecule has 0 amide bonds. The lowest BCUT2D eigenvalue weighted by molar-refractivity contribution is 0.218. The van der Waals surface area contributed by atoms with Crippen LogP contribution in [0, 0.1) is 20.8 Å². The SMILES string of the molecule is Cc1cc([C@@H](C)Oc2ccc(C)nc2S(N)(=O)=O)c2oc(-c3cnn4c3OCC4)c(C)c(=O)c2c1. The maximum atomic E-state index is 13.4. The zero-order valence-electron chi connectivity index (χ0n) is 19.7. The lowest BCUT2D eigenvalue weighted by Crippen LogP contribution is -2.17. The Hall–Kier alpha value is -3.70. The molecule has 182 valence electrons. The summed E-state index contributed by atoms with van der Waals surface area (Å²) in [5, 5.41) is 9.72. The molecule has 0 bridgehead atoms. The smallest absolute Gasteiger partial charge is 0.259 e. The van der Waals surface area contributed by atoms with Gasteiger partial charge in [-0.1, -0.05) is 0 Å². The zero-order chi connectivity index (χ0) is 25.1. The molecule has 4 aromatic rings. The number of pyridine rings is 1. The molecule has 1 aliphatic rings. The summed E-state index contributed by atoms with van der Waals surface area (Å²) in [6, 6.07) is 6.74. The van der Waals surface area contributed by atoms with Gasteiger partial charge in [0.25, 0.3) is 10.0 Å². The van der Waals surface area contributed by atoms with Crippen LogP contribution in [0.3, 0.4) is 0 Å². The first kappa shape index (κ1) is 23.1. The average Bonchev–Trinajstić information content (AvgIpc) is 3.41. The van der Waals surface area contributed by atoms with Crippen LogP contribution in [-0.4, -0.2) is 29.8 Å². The number of rotatable bonds is 5. The monoisotopic (exact) mass is 496 g/mol. The van der Waals surface area contributed by atoms with E-state index in [1.807, 2.05) is 13.0 Å². The van der Waals surface area contributed by atoms with E-state index in [9.17, 15) is 13.2 Å². The highest BCUT2D eigenvalue weighted by Crippen LogP contribution is 2.37. The molecule has 11 heteroatoms. The summed E-state index contributed by atoms with van der Waals surface area (Å²) in [6.45, 7) is 8.09. The van der Waals surface area contributed by atoms with Crippen LogP contribution in [0.2, 0.25) is 0 Å². The van der Waals surface area contributed by atoms with E-state index < -0.39 is 16.1 Å². The number of aromatic nitrogens is 3. The van der Waals surface area contributed by atoms with Gasteiger partial charge < -0.3 is 13.9 Å². The number of benzene rings is 1. The van der Waals surface area contributed by atoms with Crippen molar-refractivity contribution in [2.45, 2.75) is 45.4 Å². The predicted molar refractivity (Wildman–Crippen MR) is 128 cm³/mol. The Kier molecular flexibility index (Phi) is 5.41. The molecule has 1 aliphatic heterocycles. The second kappa shape index (κ2) is 8.21. The topological polar surface area (TPSA) is 140 Å². The number of hydrogen-bond donors (Lipinski definition) is 1. The Bertz CT molecular complexity index is 1660. The standard InChI is InChI=1S/C24H24N4O6S/c1-12-9-16(15(4)33-19-6-5-13(2)27-23(19)35(25,30)31)22-17(10-12)20(29)14(3)21(34-22)18-11-26-28-7-8-32-24(18)28/h5-6,9-11,15H,7-8H2,1-4H3,(H2,25,30,31)/t15-/m1/s1. The molecule has 0 saturated carbocycles. The molecule has 10 nitrogen and oxygen atoms in total. The van der Waals surface area contributed by atoms with Crippen LogP contribution in [0.1, 0.15) is 35.4 Å². The van der Waals surface area contributed by atoms with E-state index in [1.165, 1.54) is 6.07 Å². The molecule has 4 heterocycles. The summed E-state index contributed by atoms with van der Waals surface area (Å²) in [6.07, 6.45) is 0.922. The highest BCUT2D eigenvalue weighted by Gasteiger charge is 2.26. The fourth-order valence-electron chi connectivity index (χ4n) is 4.26. The van der Waals surface area contributed by atoms with Crippen LogP contribution >= 0.6 is 0 Å². The highest BCUT2D eigenvalue weighted by molar-refractivity contribution is 7.89. The van der Waals surface area contributed by atoms with Crippen molar-refractivity contribution in [2.75, 3.05) is 6.61 Å². The van der Waals surface area contributed by atoms with Gasteiger partial charge in [-0.2, -0.15) is 5.10 Å². The summed E-state index contributed by atoms with van der Waals surface area (Å²) >= 11 is 0. The molecule has 3 aromatic heterocycles.